The second kappa shape index (κ2) is 4.29. The Morgan fingerprint density at radius 3 is 2.63 bits per heavy atom. The first-order valence-electron chi connectivity index (χ1n) is 5.65. The fourth-order valence-corrected chi connectivity index (χ4v) is 1.91. The average molecular weight is 258 g/mol. The SMILES string of the molecule is O=c1cc(-c2ccc(CO)o2)oc2cccc(O)c12. The molecule has 0 bridgehead atoms. The van der Waals surface area contributed by atoms with Crippen molar-refractivity contribution < 1.29 is 19.0 Å². The van der Waals surface area contributed by atoms with Gasteiger partial charge in [0.15, 0.2) is 16.9 Å². The van der Waals surface area contributed by atoms with Gasteiger partial charge in [-0.2, -0.15) is 0 Å². The molecule has 2 N–H and O–H groups in total. The number of hydrogen-bond acceptors (Lipinski definition) is 5. The monoisotopic (exact) mass is 258 g/mol. The van der Waals surface area contributed by atoms with Crippen LogP contribution in [0.3, 0.4) is 0 Å². The molecule has 0 amide bonds. The Morgan fingerprint density at radius 1 is 1.05 bits per heavy atom. The van der Waals surface area contributed by atoms with Crippen LogP contribution in [0.15, 0.2) is 50.0 Å². The highest BCUT2D eigenvalue weighted by Gasteiger charge is 2.12. The van der Waals surface area contributed by atoms with Crippen LogP contribution in [0.2, 0.25) is 0 Å². The Labute approximate surface area is 107 Å². The summed E-state index contributed by atoms with van der Waals surface area (Å²) in [5, 5.41) is 18.7. The minimum Gasteiger partial charge on any atom is -0.507 e. The lowest BCUT2D eigenvalue weighted by molar-refractivity contribution is 0.248. The highest BCUT2D eigenvalue weighted by Crippen LogP contribution is 2.27. The van der Waals surface area contributed by atoms with Crippen molar-refractivity contribution in [3.8, 4) is 17.3 Å². The van der Waals surface area contributed by atoms with E-state index in [1.165, 1.54) is 12.1 Å². The van der Waals surface area contributed by atoms with Crippen molar-refractivity contribution in [2.45, 2.75) is 6.61 Å². The van der Waals surface area contributed by atoms with E-state index < -0.39 is 0 Å². The summed E-state index contributed by atoms with van der Waals surface area (Å²) in [5.41, 5.74) is -0.0688. The number of aromatic hydroxyl groups is 1. The Hall–Kier alpha value is -2.53. The zero-order valence-corrected chi connectivity index (χ0v) is 9.79. The second-order valence-electron chi connectivity index (χ2n) is 4.05. The number of furan rings is 1. The molecule has 5 nitrogen and oxygen atoms in total. The second-order valence-corrected chi connectivity index (χ2v) is 4.05. The number of phenolic OH excluding ortho intramolecular Hbond substituents is 1. The van der Waals surface area contributed by atoms with Crippen LogP contribution in [0.25, 0.3) is 22.5 Å². The summed E-state index contributed by atoms with van der Waals surface area (Å²) in [5.74, 6) is 0.871. The van der Waals surface area contributed by atoms with Crippen LogP contribution in [0.1, 0.15) is 5.76 Å². The van der Waals surface area contributed by atoms with E-state index in [-0.39, 0.29) is 34.5 Å². The van der Waals surface area contributed by atoms with Gasteiger partial charge in [-0.05, 0) is 24.3 Å². The standard InChI is InChI=1S/C14H10O5/c15-7-8-4-5-11(18-8)13-6-10(17)14-9(16)2-1-3-12(14)19-13/h1-6,15-16H,7H2. The van der Waals surface area contributed by atoms with E-state index in [0.717, 1.165) is 0 Å². The van der Waals surface area contributed by atoms with Crippen LogP contribution >= 0.6 is 0 Å². The quantitative estimate of drug-likeness (QED) is 0.736. The smallest absolute Gasteiger partial charge is 0.197 e. The lowest BCUT2D eigenvalue weighted by Crippen LogP contribution is -2.00. The molecule has 2 heterocycles. The van der Waals surface area contributed by atoms with E-state index in [2.05, 4.69) is 0 Å². The molecule has 3 aromatic rings. The minimum absolute atomic E-state index is 0.117. The van der Waals surface area contributed by atoms with E-state index >= 15 is 0 Å². The van der Waals surface area contributed by atoms with Crippen LogP contribution in [0, 0.1) is 0 Å². The molecule has 0 atom stereocenters. The molecule has 2 aromatic heterocycles. The summed E-state index contributed by atoms with van der Waals surface area (Å²) in [6.45, 7) is -0.224. The zero-order chi connectivity index (χ0) is 13.4. The van der Waals surface area contributed by atoms with Gasteiger partial charge in [-0.1, -0.05) is 6.07 Å². The first-order chi connectivity index (χ1) is 9.19. The molecule has 5 heteroatoms. The van der Waals surface area contributed by atoms with E-state index in [1.54, 1.807) is 24.3 Å². The molecule has 0 saturated heterocycles. The molecule has 0 aliphatic carbocycles. The maximum atomic E-state index is 12.0. The van der Waals surface area contributed by atoms with Gasteiger partial charge in [0.2, 0.25) is 0 Å². The van der Waals surface area contributed by atoms with Gasteiger partial charge in [0, 0.05) is 6.07 Å². The summed E-state index contributed by atoms with van der Waals surface area (Å²) in [4.78, 5) is 12.0. The van der Waals surface area contributed by atoms with Crippen molar-refractivity contribution in [3.05, 3.63) is 52.4 Å². The molecule has 0 spiro atoms. The molecule has 0 unspecified atom stereocenters. The van der Waals surface area contributed by atoms with Crippen LogP contribution < -0.4 is 5.43 Å². The topological polar surface area (TPSA) is 83.8 Å². The van der Waals surface area contributed by atoms with Gasteiger partial charge < -0.3 is 19.0 Å². The molecule has 0 aliphatic heterocycles. The van der Waals surface area contributed by atoms with Crippen LogP contribution in [-0.2, 0) is 6.61 Å². The molecular formula is C14H10O5. The van der Waals surface area contributed by atoms with E-state index in [1.807, 2.05) is 0 Å². The largest absolute Gasteiger partial charge is 0.507 e. The predicted octanol–water partition coefficient (Wildman–Crippen LogP) is 2.25. The van der Waals surface area contributed by atoms with Crippen molar-refractivity contribution in [3.63, 3.8) is 0 Å². The Morgan fingerprint density at radius 2 is 1.89 bits per heavy atom. The summed E-state index contributed by atoms with van der Waals surface area (Å²) in [6, 6.07) is 9.07. The molecular weight excluding hydrogens is 248 g/mol. The third kappa shape index (κ3) is 1.90. The molecule has 3 rings (SSSR count). The molecule has 0 aliphatic rings. The number of benzene rings is 1. The lowest BCUT2D eigenvalue weighted by Gasteiger charge is -2.01. The lowest BCUT2D eigenvalue weighted by atomic mass is 10.2. The third-order valence-electron chi connectivity index (χ3n) is 2.79. The fourth-order valence-electron chi connectivity index (χ4n) is 1.91. The molecule has 0 radical (unpaired) electrons. The fraction of sp³-hybridized carbons (Fsp3) is 0.0714. The molecule has 0 saturated carbocycles. The van der Waals surface area contributed by atoms with Crippen LogP contribution in [-0.4, -0.2) is 10.2 Å². The number of fused-ring (bicyclic) bond motifs is 1. The van der Waals surface area contributed by atoms with Gasteiger partial charge in [0.1, 0.15) is 29.1 Å². The number of rotatable bonds is 2. The van der Waals surface area contributed by atoms with Crippen molar-refractivity contribution in [1.29, 1.82) is 0 Å². The predicted molar refractivity (Wildman–Crippen MR) is 67.8 cm³/mol. The molecule has 19 heavy (non-hydrogen) atoms. The number of hydrogen-bond donors (Lipinski definition) is 2. The Bertz CT molecular complexity index is 797. The van der Waals surface area contributed by atoms with Crippen molar-refractivity contribution in [1.82, 2.24) is 0 Å². The Balaban J connectivity index is 2.24. The number of aliphatic hydroxyl groups is 1. The van der Waals surface area contributed by atoms with E-state index in [9.17, 15) is 9.90 Å². The molecule has 96 valence electrons. The third-order valence-corrected chi connectivity index (χ3v) is 2.79. The van der Waals surface area contributed by atoms with Gasteiger partial charge in [0.25, 0.3) is 0 Å². The number of phenols is 1. The summed E-state index contributed by atoms with van der Waals surface area (Å²) in [6.07, 6.45) is 0. The van der Waals surface area contributed by atoms with Crippen molar-refractivity contribution >= 4 is 11.0 Å². The maximum Gasteiger partial charge on any atom is 0.197 e. The van der Waals surface area contributed by atoms with Crippen molar-refractivity contribution in [2.24, 2.45) is 0 Å². The first-order valence-corrected chi connectivity index (χ1v) is 5.65. The molecule has 0 fully saturated rings. The Kier molecular flexibility index (Phi) is 2.61. The van der Waals surface area contributed by atoms with Gasteiger partial charge in [-0.15, -0.1) is 0 Å². The van der Waals surface area contributed by atoms with Gasteiger partial charge in [0.05, 0.1) is 0 Å². The molecule has 1 aromatic carbocycles. The minimum atomic E-state index is -0.351. The first kappa shape index (κ1) is 11.6. The van der Waals surface area contributed by atoms with Crippen LogP contribution in [0.5, 0.6) is 5.75 Å². The highest BCUT2D eigenvalue weighted by atomic mass is 16.4. The van der Waals surface area contributed by atoms with Crippen LogP contribution in [0.4, 0.5) is 0 Å². The van der Waals surface area contributed by atoms with Crippen molar-refractivity contribution in [2.75, 3.05) is 0 Å². The number of aliphatic hydroxyl groups excluding tert-OH is 1. The normalized spacial score (nSPS) is 11.0. The maximum absolute atomic E-state index is 12.0. The average Bonchev–Trinajstić information content (AvgIpc) is 2.87. The summed E-state index contributed by atoms with van der Waals surface area (Å²) >= 11 is 0. The summed E-state index contributed by atoms with van der Waals surface area (Å²) < 4.78 is 10.8. The highest BCUT2D eigenvalue weighted by molar-refractivity contribution is 5.84. The van der Waals surface area contributed by atoms with Gasteiger partial charge in [-0.3, -0.25) is 4.79 Å². The summed E-state index contributed by atoms with van der Waals surface area (Å²) in [7, 11) is 0. The van der Waals surface area contributed by atoms with E-state index in [4.69, 9.17) is 13.9 Å². The van der Waals surface area contributed by atoms with E-state index in [0.29, 0.717) is 11.5 Å². The van der Waals surface area contributed by atoms with Gasteiger partial charge >= 0.3 is 0 Å². The zero-order valence-electron chi connectivity index (χ0n) is 9.79. The van der Waals surface area contributed by atoms with Gasteiger partial charge in [-0.25, -0.2) is 0 Å².